The molecule has 0 unspecified atom stereocenters. The fraction of sp³-hybridized carbons (Fsp3) is 0.227. The molecule has 0 saturated carbocycles. The van der Waals surface area contributed by atoms with Crippen LogP contribution in [0.15, 0.2) is 64.2 Å². The highest BCUT2D eigenvalue weighted by atomic mass is 16.2. The maximum atomic E-state index is 12.9. The van der Waals surface area contributed by atoms with Gasteiger partial charge >= 0.3 is 5.69 Å². The molecule has 7 heteroatoms. The van der Waals surface area contributed by atoms with Crippen LogP contribution in [0.4, 0.5) is 11.5 Å². The van der Waals surface area contributed by atoms with Crippen molar-refractivity contribution in [2.75, 3.05) is 17.6 Å². The number of Topliss-reactive ketones (excluding diaryl/α,β-unsaturated/α-hetero) is 1. The van der Waals surface area contributed by atoms with Gasteiger partial charge in [-0.15, -0.1) is 0 Å². The van der Waals surface area contributed by atoms with Crippen LogP contribution in [-0.2, 0) is 13.1 Å². The van der Waals surface area contributed by atoms with Crippen molar-refractivity contribution in [3.8, 4) is 0 Å². The zero-order valence-corrected chi connectivity index (χ0v) is 16.5. The Morgan fingerprint density at radius 2 is 1.66 bits per heavy atom. The number of nitrogens with zero attached hydrogens (tertiary/aromatic N) is 2. The minimum atomic E-state index is -0.657. The Morgan fingerprint density at radius 3 is 2.31 bits per heavy atom. The molecule has 0 fully saturated rings. The number of carbonyl (C=O) groups is 1. The number of hydrogen-bond acceptors (Lipinski definition) is 5. The Hall–Kier alpha value is -3.61. The van der Waals surface area contributed by atoms with Gasteiger partial charge in [0.1, 0.15) is 11.4 Å². The van der Waals surface area contributed by atoms with Crippen molar-refractivity contribution < 1.29 is 4.79 Å². The van der Waals surface area contributed by atoms with Gasteiger partial charge < -0.3 is 11.1 Å². The molecule has 3 aromatic rings. The Balaban J connectivity index is 2.00. The molecule has 1 aromatic heterocycles. The Kier molecular flexibility index (Phi) is 5.97. The van der Waals surface area contributed by atoms with E-state index in [1.807, 2.05) is 61.5 Å². The second-order valence-corrected chi connectivity index (χ2v) is 6.76. The lowest BCUT2D eigenvalue weighted by Crippen LogP contribution is -2.44. The van der Waals surface area contributed by atoms with Gasteiger partial charge in [0.2, 0.25) is 0 Å². The Labute approximate surface area is 168 Å². The van der Waals surface area contributed by atoms with E-state index in [0.29, 0.717) is 0 Å². The average molecular weight is 392 g/mol. The SMILES string of the molecule is CCn1c(=O)c(C(=O)CNc2ccccc2C)c(N)n(Cc2ccccc2)c1=O. The van der Waals surface area contributed by atoms with Crippen LogP contribution in [0.2, 0.25) is 0 Å². The quantitative estimate of drug-likeness (QED) is 0.601. The molecular formula is C22H24N4O3. The third kappa shape index (κ3) is 4.13. The lowest BCUT2D eigenvalue weighted by atomic mass is 10.1. The normalized spacial score (nSPS) is 10.7. The number of carbonyl (C=O) groups excluding carboxylic acids is 1. The standard InChI is InChI=1S/C22H24N4O3/c1-3-25-21(28)19(18(27)13-24-17-12-8-7-9-15(17)2)20(23)26(22(25)29)14-16-10-5-4-6-11-16/h4-12,24H,3,13-14,23H2,1-2H3. The summed E-state index contributed by atoms with van der Waals surface area (Å²) in [5, 5.41) is 3.05. The van der Waals surface area contributed by atoms with Gasteiger partial charge in [0.25, 0.3) is 5.56 Å². The number of aryl methyl sites for hydroxylation is 1. The summed E-state index contributed by atoms with van der Waals surface area (Å²) in [7, 11) is 0. The molecule has 3 rings (SSSR count). The molecule has 29 heavy (non-hydrogen) atoms. The van der Waals surface area contributed by atoms with E-state index in [2.05, 4.69) is 5.32 Å². The lowest BCUT2D eigenvalue weighted by Gasteiger charge is -2.16. The van der Waals surface area contributed by atoms with Gasteiger partial charge in [-0.1, -0.05) is 48.5 Å². The summed E-state index contributed by atoms with van der Waals surface area (Å²) in [4.78, 5) is 38.4. The minimum Gasteiger partial charge on any atom is -0.384 e. The van der Waals surface area contributed by atoms with E-state index in [4.69, 9.17) is 5.73 Å². The first-order valence-corrected chi connectivity index (χ1v) is 9.43. The van der Waals surface area contributed by atoms with Crippen LogP contribution in [0.3, 0.4) is 0 Å². The number of anilines is 2. The predicted octanol–water partition coefficient (Wildman–Crippen LogP) is 2.26. The summed E-state index contributed by atoms with van der Waals surface area (Å²) in [6.45, 7) is 3.84. The monoisotopic (exact) mass is 392 g/mol. The Bertz CT molecular complexity index is 1150. The largest absolute Gasteiger partial charge is 0.384 e. The second kappa shape index (κ2) is 8.60. The number of nitrogens with two attached hydrogens (primary N) is 1. The van der Waals surface area contributed by atoms with Crippen LogP contribution < -0.4 is 22.3 Å². The molecule has 0 aliphatic heterocycles. The van der Waals surface area contributed by atoms with Crippen LogP contribution in [0.1, 0.15) is 28.4 Å². The first kappa shape index (κ1) is 20.1. The van der Waals surface area contributed by atoms with Crippen molar-refractivity contribution in [1.82, 2.24) is 9.13 Å². The highest BCUT2D eigenvalue weighted by Gasteiger charge is 2.22. The van der Waals surface area contributed by atoms with Crippen molar-refractivity contribution in [1.29, 1.82) is 0 Å². The van der Waals surface area contributed by atoms with E-state index < -0.39 is 17.0 Å². The molecule has 0 amide bonds. The highest BCUT2D eigenvalue weighted by molar-refractivity contribution is 6.02. The third-order valence-corrected chi connectivity index (χ3v) is 4.83. The maximum Gasteiger partial charge on any atom is 0.332 e. The van der Waals surface area contributed by atoms with E-state index >= 15 is 0 Å². The van der Waals surface area contributed by atoms with Gasteiger partial charge in [0, 0.05) is 12.2 Å². The fourth-order valence-electron chi connectivity index (χ4n) is 3.21. The molecule has 3 N–H and O–H groups in total. The van der Waals surface area contributed by atoms with Gasteiger partial charge in [0.15, 0.2) is 5.78 Å². The van der Waals surface area contributed by atoms with Crippen LogP contribution in [0.25, 0.3) is 0 Å². The number of nitrogens with one attached hydrogen (secondary N) is 1. The molecule has 0 aliphatic rings. The molecule has 0 radical (unpaired) electrons. The molecule has 0 spiro atoms. The van der Waals surface area contributed by atoms with Crippen LogP contribution in [0.5, 0.6) is 0 Å². The smallest absolute Gasteiger partial charge is 0.332 e. The summed E-state index contributed by atoms with van der Waals surface area (Å²) in [6.07, 6.45) is 0. The van der Waals surface area contributed by atoms with Crippen molar-refractivity contribution >= 4 is 17.3 Å². The average Bonchev–Trinajstić information content (AvgIpc) is 2.72. The first-order valence-electron chi connectivity index (χ1n) is 9.43. The minimum absolute atomic E-state index is 0.0997. The zero-order valence-electron chi connectivity index (χ0n) is 16.5. The van der Waals surface area contributed by atoms with Gasteiger partial charge in [-0.3, -0.25) is 18.7 Å². The number of aromatic nitrogens is 2. The van der Waals surface area contributed by atoms with Crippen molar-refractivity contribution in [2.45, 2.75) is 26.9 Å². The van der Waals surface area contributed by atoms with E-state index in [1.165, 1.54) is 4.57 Å². The van der Waals surface area contributed by atoms with Crippen molar-refractivity contribution in [2.24, 2.45) is 0 Å². The molecule has 150 valence electrons. The second-order valence-electron chi connectivity index (χ2n) is 6.76. The number of rotatable bonds is 7. The molecule has 0 atom stereocenters. The van der Waals surface area contributed by atoms with Crippen molar-refractivity contribution in [3.63, 3.8) is 0 Å². The maximum absolute atomic E-state index is 12.9. The summed E-state index contributed by atoms with van der Waals surface area (Å²) in [5.41, 5.74) is 7.44. The van der Waals surface area contributed by atoms with Crippen molar-refractivity contribution in [3.05, 3.63) is 92.1 Å². The number of benzene rings is 2. The van der Waals surface area contributed by atoms with E-state index in [1.54, 1.807) is 6.92 Å². The molecule has 0 saturated heterocycles. The predicted molar refractivity (Wildman–Crippen MR) is 115 cm³/mol. The van der Waals surface area contributed by atoms with Gasteiger partial charge in [-0.25, -0.2) is 4.79 Å². The molecule has 1 heterocycles. The highest BCUT2D eigenvalue weighted by Crippen LogP contribution is 2.14. The first-order chi connectivity index (χ1) is 13.9. The van der Waals surface area contributed by atoms with E-state index in [9.17, 15) is 14.4 Å². The molecule has 7 nitrogen and oxygen atoms in total. The van der Waals surface area contributed by atoms with Crippen LogP contribution >= 0.6 is 0 Å². The number of nitrogen functional groups attached to an aromatic ring is 1. The fourth-order valence-corrected chi connectivity index (χ4v) is 3.21. The number of hydrogen-bond donors (Lipinski definition) is 2. The van der Waals surface area contributed by atoms with Crippen LogP contribution in [-0.4, -0.2) is 21.5 Å². The summed E-state index contributed by atoms with van der Waals surface area (Å²) < 4.78 is 2.32. The number of para-hydroxylation sites is 1. The summed E-state index contributed by atoms with van der Waals surface area (Å²) in [5.74, 6) is -0.565. The lowest BCUT2D eigenvalue weighted by molar-refractivity contribution is 0.100. The molecule has 0 aliphatic carbocycles. The van der Waals surface area contributed by atoms with Crippen LogP contribution in [0, 0.1) is 6.92 Å². The number of ketones is 1. The molecule has 0 bridgehead atoms. The van der Waals surface area contributed by atoms with E-state index in [0.717, 1.165) is 21.4 Å². The third-order valence-electron chi connectivity index (χ3n) is 4.83. The van der Waals surface area contributed by atoms with Gasteiger partial charge in [0.05, 0.1) is 13.1 Å². The van der Waals surface area contributed by atoms with E-state index in [-0.39, 0.29) is 31.0 Å². The summed E-state index contributed by atoms with van der Waals surface area (Å²) >= 11 is 0. The molecular weight excluding hydrogens is 368 g/mol. The topological polar surface area (TPSA) is 99.1 Å². The summed E-state index contributed by atoms with van der Waals surface area (Å²) in [6, 6.07) is 16.8. The van der Waals surface area contributed by atoms with Gasteiger partial charge in [-0.2, -0.15) is 0 Å². The molecule has 2 aromatic carbocycles. The zero-order chi connectivity index (χ0) is 21.0. The van der Waals surface area contributed by atoms with Gasteiger partial charge in [-0.05, 0) is 31.0 Å². The Morgan fingerprint density at radius 1 is 1.00 bits per heavy atom.